The zero-order valence-electron chi connectivity index (χ0n) is 18.9. The van der Waals surface area contributed by atoms with E-state index in [1.165, 1.54) is 5.56 Å². The number of unbranched alkanes of at least 4 members (excludes halogenated alkanes) is 1. The second-order valence-corrected chi connectivity index (χ2v) is 8.90. The Hall–Kier alpha value is -1.98. The van der Waals surface area contributed by atoms with E-state index in [4.69, 9.17) is 4.74 Å². The number of ketones is 1. The molecule has 5 heteroatoms. The lowest BCUT2D eigenvalue weighted by Crippen LogP contribution is -2.22. The van der Waals surface area contributed by atoms with Gasteiger partial charge in [-0.3, -0.25) is 9.59 Å². The predicted octanol–water partition coefficient (Wildman–Crippen LogP) is 4.39. The lowest BCUT2D eigenvalue weighted by molar-refractivity contribution is -0.147. The summed E-state index contributed by atoms with van der Waals surface area (Å²) in [6.07, 6.45) is 8.35. The second-order valence-electron chi connectivity index (χ2n) is 8.90. The fraction of sp³-hybridized carbons (Fsp3) is 0.615. The Morgan fingerprint density at radius 3 is 2.65 bits per heavy atom. The number of carbonyl (C=O) groups is 2. The molecule has 2 rings (SSSR count). The summed E-state index contributed by atoms with van der Waals surface area (Å²) in [5.41, 5.74) is 1.20. The van der Waals surface area contributed by atoms with Crippen LogP contribution in [0.4, 0.5) is 0 Å². The molecule has 172 valence electrons. The topological polar surface area (TPSA) is 83.8 Å². The first-order valence-corrected chi connectivity index (χ1v) is 11.6. The number of hydrogen-bond acceptors (Lipinski definition) is 5. The minimum Gasteiger partial charge on any atom is -0.463 e. The lowest BCUT2D eigenvalue weighted by Gasteiger charge is -2.21. The third kappa shape index (κ3) is 9.36. The van der Waals surface area contributed by atoms with Crippen molar-refractivity contribution < 1.29 is 24.5 Å². The van der Waals surface area contributed by atoms with Gasteiger partial charge in [-0.15, -0.1) is 0 Å². The number of carbonyl (C=O) groups excluding carboxylic acids is 2. The number of aliphatic hydroxyl groups is 2. The molecule has 2 N–H and O–H groups in total. The number of rotatable bonds is 13. The van der Waals surface area contributed by atoms with Gasteiger partial charge in [0.2, 0.25) is 0 Å². The van der Waals surface area contributed by atoms with Crippen LogP contribution in [-0.4, -0.2) is 40.3 Å². The molecule has 31 heavy (non-hydrogen) atoms. The fourth-order valence-electron chi connectivity index (χ4n) is 4.26. The Bertz CT molecular complexity index is 697. The quantitative estimate of drug-likeness (QED) is 0.275. The van der Waals surface area contributed by atoms with Crippen LogP contribution < -0.4 is 0 Å². The number of aryl methyl sites for hydroxylation is 1. The molecule has 1 aromatic rings. The summed E-state index contributed by atoms with van der Waals surface area (Å²) in [5, 5.41) is 20.7. The van der Waals surface area contributed by atoms with Gasteiger partial charge >= 0.3 is 5.97 Å². The van der Waals surface area contributed by atoms with Crippen molar-refractivity contribution in [1.82, 2.24) is 0 Å². The third-order valence-corrected chi connectivity index (χ3v) is 5.95. The van der Waals surface area contributed by atoms with Gasteiger partial charge in [-0.2, -0.15) is 0 Å². The lowest BCUT2D eigenvalue weighted by atomic mass is 9.86. The average Bonchev–Trinajstić information content (AvgIpc) is 3.00. The van der Waals surface area contributed by atoms with Crippen molar-refractivity contribution in [1.29, 1.82) is 0 Å². The Labute approximate surface area is 186 Å². The molecule has 0 radical (unpaired) electrons. The van der Waals surface area contributed by atoms with E-state index in [2.05, 4.69) is 12.1 Å². The number of Topliss-reactive ketones (excluding diaryl/α,β-unsaturated/α-hetero) is 1. The molecule has 0 unspecified atom stereocenters. The maximum absolute atomic E-state index is 12.4. The summed E-state index contributed by atoms with van der Waals surface area (Å²) in [5.74, 6) is -0.341. The normalized spacial score (nSPS) is 22.4. The van der Waals surface area contributed by atoms with Crippen LogP contribution in [0.3, 0.4) is 0 Å². The highest BCUT2D eigenvalue weighted by molar-refractivity contribution is 5.84. The van der Waals surface area contributed by atoms with Crippen molar-refractivity contribution >= 4 is 11.8 Å². The number of allylic oxidation sites excluding steroid dienone is 2. The minimum atomic E-state index is -0.607. The molecule has 4 atom stereocenters. The standard InChI is InChI=1S/C26H38O5/c1-19(2)31-26(30)13-9-4-3-8-12-22-23(25(29)18-24(22)28)17-16-21(27)15-14-20-10-6-5-7-11-20/h3,5-8,10-11,19,21-24,27-28H,4,9,12-18H2,1-2H3/b8-3-/t21-,22+,23+,24-/m0/s1. The molecule has 0 amide bonds. The molecule has 1 fully saturated rings. The molecule has 5 nitrogen and oxygen atoms in total. The van der Waals surface area contributed by atoms with E-state index >= 15 is 0 Å². The number of ether oxygens (including phenoxy) is 1. The summed E-state index contributed by atoms with van der Waals surface area (Å²) in [7, 11) is 0. The first kappa shape index (κ1) is 25.3. The highest BCUT2D eigenvalue weighted by Crippen LogP contribution is 2.35. The third-order valence-electron chi connectivity index (χ3n) is 5.95. The predicted molar refractivity (Wildman–Crippen MR) is 121 cm³/mol. The van der Waals surface area contributed by atoms with Gasteiger partial charge in [0.05, 0.1) is 18.3 Å². The van der Waals surface area contributed by atoms with Crippen LogP contribution in [0.15, 0.2) is 42.5 Å². The first-order valence-electron chi connectivity index (χ1n) is 11.6. The molecule has 1 aromatic carbocycles. The zero-order valence-corrected chi connectivity index (χ0v) is 18.9. The van der Waals surface area contributed by atoms with Crippen LogP contribution in [-0.2, 0) is 20.7 Å². The van der Waals surface area contributed by atoms with Gasteiger partial charge in [-0.1, -0.05) is 42.5 Å². The Morgan fingerprint density at radius 2 is 1.94 bits per heavy atom. The van der Waals surface area contributed by atoms with Crippen molar-refractivity contribution in [2.45, 2.75) is 89.9 Å². The second kappa shape index (κ2) is 13.4. The maximum Gasteiger partial charge on any atom is 0.306 e. The van der Waals surface area contributed by atoms with Gasteiger partial charge in [-0.05, 0) is 70.3 Å². The summed E-state index contributed by atoms with van der Waals surface area (Å²) in [4.78, 5) is 23.9. The van der Waals surface area contributed by atoms with Crippen molar-refractivity contribution in [3.8, 4) is 0 Å². The zero-order chi connectivity index (χ0) is 22.6. The Morgan fingerprint density at radius 1 is 1.19 bits per heavy atom. The molecule has 0 aliphatic heterocycles. The SMILES string of the molecule is CC(C)OC(=O)CCC/C=C\C[C@H]1[C@@H](O)CC(=O)[C@@H]1CC[C@@H](O)CCc1ccccc1. The summed E-state index contributed by atoms with van der Waals surface area (Å²) in [6.45, 7) is 3.68. The largest absolute Gasteiger partial charge is 0.463 e. The van der Waals surface area contributed by atoms with E-state index < -0.39 is 12.2 Å². The van der Waals surface area contributed by atoms with Crippen LogP contribution in [0.5, 0.6) is 0 Å². The smallest absolute Gasteiger partial charge is 0.306 e. The van der Waals surface area contributed by atoms with E-state index in [-0.39, 0.29) is 36.1 Å². The van der Waals surface area contributed by atoms with Crippen LogP contribution in [0.2, 0.25) is 0 Å². The number of hydrogen-bond donors (Lipinski definition) is 2. The van der Waals surface area contributed by atoms with E-state index in [0.717, 1.165) is 19.3 Å². The summed E-state index contributed by atoms with van der Waals surface area (Å²) in [6, 6.07) is 10.1. The van der Waals surface area contributed by atoms with Gasteiger partial charge < -0.3 is 14.9 Å². The maximum atomic E-state index is 12.4. The van der Waals surface area contributed by atoms with E-state index in [1.54, 1.807) is 0 Å². The van der Waals surface area contributed by atoms with Gasteiger partial charge in [0.25, 0.3) is 0 Å². The minimum absolute atomic E-state index is 0.0850. The highest BCUT2D eigenvalue weighted by atomic mass is 16.5. The van der Waals surface area contributed by atoms with Crippen molar-refractivity contribution in [2.24, 2.45) is 11.8 Å². The van der Waals surface area contributed by atoms with Crippen molar-refractivity contribution in [2.75, 3.05) is 0 Å². The fourth-order valence-corrected chi connectivity index (χ4v) is 4.26. The monoisotopic (exact) mass is 430 g/mol. The van der Waals surface area contributed by atoms with E-state index in [1.807, 2.05) is 44.2 Å². The van der Waals surface area contributed by atoms with Gasteiger partial charge in [0.1, 0.15) is 5.78 Å². The molecule has 0 spiro atoms. The van der Waals surface area contributed by atoms with Crippen molar-refractivity contribution in [3.63, 3.8) is 0 Å². The van der Waals surface area contributed by atoms with Crippen molar-refractivity contribution in [3.05, 3.63) is 48.0 Å². The molecule has 0 bridgehead atoms. The molecule has 0 heterocycles. The Balaban J connectivity index is 1.71. The Kier molecular flexibility index (Phi) is 11.0. The van der Waals surface area contributed by atoms with Crippen LogP contribution >= 0.6 is 0 Å². The van der Waals surface area contributed by atoms with Crippen LogP contribution in [0.25, 0.3) is 0 Å². The van der Waals surface area contributed by atoms with Gasteiger partial charge in [0.15, 0.2) is 0 Å². The molecule has 0 aromatic heterocycles. The number of esters is 1. The molecule has 0 saturated heterocycles. The first-order chi connectivity index (χ1) is 14.9. The van der Waals surface area contributed by atoms with E-state index in [0.29, 0.717) is 32.1 Å². The summed E-state index contributed by atoms with van der Waals surface area (Å²) >= 11 is 0. The highest BCUT2D eigenvalue weighted by Gasteiger charge is 2.40. The number of benzene rings is 1. The molecular formula is C26H38O5. The van der Waals surface area contributed by atoms with Crippen LogP contribution in [0.1, 0.15) is 70.8 Å². The van der Waals surface area contributed by atoms with Crippen LogP contribution in [0, 0.1) is 11.8 Å². The molecule has 1 aliphatic rings. The van der Waals surface area contributed by atoms with Gasteiger partial charge in [0, 0.05) is 18.8 Å². The summed E-state index contributed by atoms with van der Waals surface area (Å²) < 4.78 is 5.11. The molecular weight excluding hydrogens is 392 g/mol. The molecule has 1 aliphatic carbocycles. The van der Waals surface area contributed by atoms with Gasteiger partial charge in [-0.25, -0.2) is 0 Å². The van der Waals surface area contributed by atoms with E-state index in [9.17, 15) is 19.8 Å². The number of aliphatic hydroxyl groups excluding tert-OH is 2. The molecule has 1 saturated carbocycles. The average molecular weight is 431 g/mol.